The number of para-hydroxylation sites is 2. The summed E-state index contributed by atoms with van der Waals surface area (Å²) < 4.78 is 6.12. The van der Waals surface area contributed by atoms with Crippen molar-refractivity contribution in [3.05, 3.63) is 95.7 Å². The number of nitrogens with zero attached hydrogens (tertiary/aromatic N) is 1. The van der Waals surface area contributed by atoms with Crippen molar-refractivity contribution in [3.8, 4) is 11.5 Å². The number of aromatic amines is 1. The number of H-pyrrole nitrogens is 1. The molecule has 0 radical (unpaired) electrons. The number of amides is 1. The Bertz CT molecular complexity index is 1290. The van der Waals surface area contributed by atoms with Crippen molar-refractivity contribution in [2.24, 2.45) is 0 Å². The van der Waals surface area contributed by atoms with E-state index in [1.165, 1.54) is 23.8 Å². The Labute approximate surface area is 213 Å². The van der Waals surface area contributed by atoms with E-state index >= 15 is 0 Å². The van der Waals surface area contributed by atoms with E-state index in [0.29, 0.717) is 13.0 Å². The lowest BCUT2D eigenvalue weighted by molar-refractivity contribution is -0.121. The van der Waals surface area contributed by atoms with Gasteiger partial charge < -0.3 is 19.9 Å². The summed E-state index contributed by atoms with van der Waals surface area (Å²) in [6.45, 7) is 6.06. The van der Waals surface area contributed by atoms with E-state index in [0.717, 1.165) is 54.2 Å². The Hall–Kier alpha value is -3.57. The van der Waals surface area contributed by atoms with Crippen LogP contribution < -0.4 is 10.1 Å². The van der Waals surface area contributed by atoms with Crippen LogP contribution >= 0.6 is 0 Å². The molecule has 1 aromatic heterocycles. The zero-order valence-electron chi connectivity index (χ0n) is 21.0. The van der Waals surface area contributed by atoms with Crippen molar-refractivity contribution in [2.75, 3.05) is 26.2 Å². The molecule has 5 heteroatoms. The van der Waals surface area contributed by atoms with Gasteiger partial charge in [-0.05, 0) is 73.3 Å². The van der Waals surface area contributed by atoms with Crippen molar-refractivity contribution in [3.63, 3.8) is 0 Å². The van der Waals surface area contributed by atoms with Crippen molar-refractivity contribution in [1.82, 2.24) is 15.2 Å². The van der Waals surface area contributed by atoms with E-state index in [9.17, 15) is 4.79 Å². The maximum absolute atomic E-state index is 13.2. The smallest absolute Gasteiger partial charge is 0.220 e. The SMILES string of the molecule is CCc1cccc2c(C(CC(=O)NCCN3CCCC3)c3cccc(Oc4ccccc4)c3)c[nH]c12. The third-order valence-corrected chi connectivity index (χ3v) is 7.17. The number of likely N-dealkylation sites (tertiary alicyclic amines) is 1. The van der Waals surface area contributed by atoms with Gasteiger partial charge >= 0.3 is 0 Å². The quantitative estimate of drug-likeness (QED) is 0.281. The standard InChI is InChI=1S/C31H35N3O2/c1-2-23-10-9-15-27-29(22-33-31(23)27)28(21-30(35)32-16-19-34-17-6-7-18-34)24-11-8-14-26(20-24)36-25-12-4-3-5-13-25/h3-5,8-15,20,22,28,33H,2,6-7,16-19,21H2,1H3,(H,32,35). The molecule has 0 saturated carbocycles. The summed E-state index contributed by atoms with van der Waals surface area (Å²) >= 11 is 0. The highest BCUT2D eigenvalue weighted by molar-refractivity contribution is 5.88. The van der Waals surface area contributed by atoms with Gasteiger partial charge in [0.25, 0.3) is 0 Å². The van der Waals surface area contributed by atoms with Crippen LogP contribution in [-0.4, -0.2) is 42.0 Å². The average molecular weight is 482 g/mol. The van der Waals surface area contributed by atoms with E-state index < -0.39 is 0 Å². The van der Waals surface area contributed by atoms with Gasteiger partial charge in [-0.2, -0.15) is 0 Å². The maximum Gasteiger partial charge on any atom is 0.220 e. The first kappa shape index (κ1) is 24.1. The number of carbonyl (C=O) groups is 1. The lowest BCUT2D eigenvalue weighted by atomic mass is 9.87. The van der Waals surface area contributed by atoms with Gasteiger partial charge in [0.15, 0.2) is 0 Å². The van der Waals surface area contributed by atoms with Crippen LogP contribution in [-0.2, 0) is 11.2 Å². The highest BCUT2D eigenvalue weighted by Crippen LogP contribution is 2.36. The molecule has 1 saturated heterocycles. The Morgan fingerprint density at radius 2 is 1.78 bits per heavy atom. The number of benzene rings is 3. The summed E-state index contributed by atoms with van der Waals surface area (Å²) in [5.74, 6) is 1.56. The minimum Gasteiger partial charge on any atom is -0.457 e. The summed E-state index contributed by atoms with van der Waals surface area (Å²) in [7, 11) is 0. The summed E-state index contributed by atoms with van der Waals surface area (Å²) in [5.41, 5.74) is 4.66. The van der Waals surface area contributed by atoms with E-state index in [4.69, 9.17) is 4.74 Å². The second-order valence-corrected chi connectivity index (χ2v) is 9.58. The molecule has 1 fully saturated rings. The zero-order valence-corrected chi connectivity index (χ0v) is 21.0. The van der Waals surface area contributed by atoms with Crippen LogP contribution in [0.15, 0.2) is 79.0 Å². The van der Waals surface area contributed by atoms with Gasteiger partial charge in [-0.3, -0.25) is 4.79 Å². The second kappa shape index (κ2) is 11.4. The normalized spacial score (nSPS) is 14.7. The highest BCUT2D eigenvalue weighted by atomic mass is 16.5. The summed E-state index contributed by atoms with van der Waals surface area (Å²) in [6, 6.07) is 24.4. The molecule has 1 aliphatic heterocycles. The van der Waals surface area contributed by atoms with E-state index in [-0.39, 0.29) is 11.8 Å². The molecule has 36 heavy (non-hydrogen) atoms. The highest BCUT2D eigenvalue weighted by Gasteiger charge is 2.23. The number of nitrogens with one attached hydrogen (secondary N) is 2. The Kier molecular flexibility index (Phi) is 7.67. The van der Waals surface area contributed by atoms with Crippen LogP contribution in [0.4, 0.5) is 0 Å². The molecule has 4 aromatic rings. The predicted octanol–water partition coefficient (Wildman–Crippen LogP) is 6.26. The molecule has 186 valence electrons. The number of fused-ring (bicyclic) bond motifs is 1. The molecular weight excluding hydrogens is 446 g/mol. The number of aromatic nitrogens is 1. The third kappa shape index (κ3) is 5.63. The van der Waals surface area contributed by atoms with Gasteiger partial charge in [0.2, 0.25) is 5.91 Å². The van der Waals surface area contributed by atoms with E-state index in [2.05, 4.69) is 58.7 Å². The largest absolute Gasteiger partial charge is 0.457 e. The lowest BCUT2D eigenvalue weighted by Gasteiger charge is -2.19. The summed E-state index contributed by atoms with van der Waals surface area (Å²) in [5, 5.41) is 4.35. The molecular formula is C31H35N3O2. The number of rotatable bonds is 10. The molecule has 2 heterocycles. The molecule has 1 amide bonds. The van der Waals surface area contributed by atoms with Crippen molar-refractivity contribution < 1.29 is 9.53 Å². The monoisotopic (exact) mass is 481 g/mol. The molecule has 1 unspecified atom stereocenters. The maximum atomic E-state index is 13.2. The fraction of sp³-hybridized carbons (Fsp3) is 0.323. The summed E-state index contributed by atoms with van der Waals surface area (Å²) in [4.78, 5) is 19.1. The second-order valence-electron chi connectivity index (χ2n) is 9.58. The average Bonchev–Trinajstić information content (AvgIpc) is 3.58. The Morgan fingerprint density at radius 1 is 1.00 bits per heavy atom. The number of hydrogen-bond acceptors (Lipinski definition) is 3. The van der Waals surface area contributed by atoms with Crippen molar-refractivity contribution in [2.45, 2.75) is 38.5 Å². The Morgan fingerprint density at radius 3 is 2.58 bits per heavy atom. The molecule has 1 aliphatic rings. The molecule has 2 N–H and O–H groups in total. The van der Waals surface area contributed by atoms with Crippen molar-refractivity contribution in [1.29, 1.82) is 0 Å². The Balaban J connectivity index is 1.41. The topological polar surface area (TPSA) is 57.4 Å². The van der Waals surface area contributed by atoms with Crippen LogP contribution in [0.2, 0.25) is 0 Å². The van der Waals surface area contributed by atoms with E-state index in [1.54, 1.807) is 0 Å². The molecule has 0 aliphatic carbocycles. The number of ether oxygens (including phenoxy) is 1. The van der Waals surface area contributed by atoms with Crippen LogP contribution in [0.25, 0.3) is 10.9 Å². The number of carbonyl (C=O) groups excluding carboxylic acids is 1. The van der Waals surface area contributed by atoms with Crippen LogP contribution in [0.5, 0.6) is 11.5 Å². The third-order valence-electron chi connectivity index (χ3n) is 7.17. The van der Waals surface area contributed by atoms with Crippen molar-refractivity contribution >= 4 is 16.8 Å². The zero-order chi connectivity index (χ0) is 24.7. The van der Waals surface area contributed by atoms with Crippen LogP contribution in [0.3, 0.4) is 0 Å². The van der Waals surface area contributed by atoms with Gasteiger partial charge in [0.1, 0.15) is 11.5 Å². The first-order valence-corrected chi connectivity index (χ1v) is 13.1. The molecule has 0 spiro atoms. The first-order valence-electron chi connectivity index (χ1n) is 13.1. The molecule has 1 atom stereocenters. The minimum atomic E-state index is -0.0861. The fourth-order valence-corrected chi connectivity index (χ4v) is 5.27. The number of aryl methyl sites for hydroxylation is 1. The van der Waals surface area contributed by atoms with Gasteiger partial charge in [-0.25, -0.2) is 0 Å². The fourth-order valence-electron chi connectivity index (χ4n) is 5.27. The van der Waals surface area contributed by atoms with Gasteiger partial charge in [-0.15, -0.1) is 0 Å². The van der Waals surface area contributed by atoms with Gasteiger partial charge in [-0.1, -0.05) is 55.5 Å². The van der Waals surface area contributed by atoms with Gasteiger partial charge in [0, 0.05) is 42.5 Å². The van der Waals surface area contributed by atoms with Gasteiger partial charge in [0.05, 0.1) is 0 Å². The molecule has 0 bridgehead atoms. The number of hydrogen-bond donors (Lipinski definition) is 2. The molecule has 3 aromatic carbocycles. The van der Waals surface area contributed by atoms with Crippen LogP contribution in [0.1, 0.15) is 48.8 Å². The summed E-state index contributed by atoms with van der Waals surface area (Å²) in [6.07, 6.45) is 5.95. The van der Waals surface area contributed by atoms with E-state index in [1.807, 2.05) is 42.5 Å². The lowest BCUT2D eigenvalue weighted by Crippen LogP contribution is -2.34. The molecule has 5 rings (SSSR count). The van der Waals surface area contributed by atoms with Crippen LogP contribution in [0, 0.1) is 0 Å². The minimum absolute atomic E-state index is 0.0783. The predicted molar refractivity (Wildman–Crippen MR) is 146 cm³/mol. The first-order chi connectivity index (χ1) is 17.7. The molecule has 5 nitrogen and oxygen atoms in total.